The van der Waals surface area contributed by atoms with E-state index in [0.29, 0.717) is 0 Å². The largest absolute Gasteiger partial charge is 0.397 e. The summed E-state index contributed by atoms with van der Waals surface area (Å²) >= 11 is 0. The van der Waals surface area contributed by atoms with Gasteiger partial charge in [0.25, 0.3) is 0 Å². The summed E-state index contributed by atoms with van der Waals surface area (Å²) in [5.74, 6) is -0.997. The number of aromatic amines is 1. The number of nitrogens with zero attached hydrogens (tertiary/aromatic N) is 3. The molecule has 14 heavy (non-hydrogen) atoms. The van der Waals surface area contributed by atoms with Gasteiger partial charge in [0.1, 0.15) is 6.42 Å². The van der Waals surface area contributed by atoms with E-state index in [1.165, 1.54) is 0 Å². The average Bonchev–Trinajstić information content (AvgIpc) is 2.49. The molecule has 2 N–H and O–H groups in total. The molecule has 1 heterocycles. The highest BCUT2D eigenvalue weighted by atomic mass is 19.4. The molecule has 78 valence electrons. The van der Waals surface area contributed by atoms with Crippen molar-refractivity contribution in [2.24, 2.45) is 0 Å². The van der Waals surface area contributed by atoms with E-state index in [4.69, 9.17) is 0 Å². The predicted octanol–water partition coefficient (Wildman–Crippen LogP) is -0.232. The molecular weight excluding hydrogens is 203 g/mol. The second-order valence-corrected chi connectivity index (χ2v) is 2.40. The summed E-state index contributed by atoms with van der Waals surface area (Å²) in [5.41, 5.74) is 0. The third-order valence-corrected chi connectivity index (χ3v) is 1.19. The molecule has 9 heteroatoms. The molecule has 1 rings (SSSR count). The molecule has 0 aliphatic heterocycles. The Balaban J connectivity index is 2.29. The molecule has 6 nitrogen and oxygen atoms in total. The van der Waals surface area contributed by atoms with Gasteiger partial charge in [-0.2, -0.15) is 18.4 Å². The third-order valence-electron chi connectivity index (χ3n) is 1.19. The van der Waals surface area contributed by atoms with Crippen LogP contribution in [0.4, 0.5) is 13.2 Å². The van der Waals surface area contributed by atoms with Gasteiger partial charge in [0.05, 0.1) is 6.54 Å². The second-order valence-electron chi connectivity index (χ2n) is 2.40. The molecule has 0 saturated carbocycles. The van der Waals surface area contributed by atoms with E-state index in [0.717, 1.165) is 0 Å². The number of alkyl halides is 3. The SMILES string of the molecule is O=C(CC(F)(F)F)NCc1nn[nH]n1. The van der Waals surface area contributed by atoms with Crippen molar-refractivity contribution in [3.63, 3.8) is 0 Å². The number of halogens is 3. The van der Waals surface area contributed by atoms with Gasteiger partial charge in [-0.15, -0.1) is 10.2 Å². The van der Waals surface area contributed by atoms with Crippen molar-refractivity contribution >= 4 is 5.91 Å². The van der Waals surface area contributed by atoms with Crippen LogP contribution >= 0.6 is 0 Å². The number of carbonyl (C=O) groups is 1. The Labute approximate surface area is 75.9 Å². The van der Waals surface area contributed by atoms with Gasteiger partial charge in [0.2, 0.25) is 5.91 Å². The van der Waals surface area contributed by atoms with Gasteiger partial charge < -0.3 is 5.32 Å². The molecule has 0 radical (unpaired) electrons. The van der Waals surface area contributed by atoms with Gasteiger partial charge in [-0.05, 0) is 0 Å². The van der Waals surface area contributed by atoms with E-state index in [2.05, 4.69) is 20.6 Å². The van der Waals surface area contributed by atoms with Gasteiger partial charge in [-0.3, -0.25) is 4.79 Å². The monoisotopic (exact) mass is 209 g/mol. The van der Waals surface area contributed by atoms with E-state index in [9.17, 15) is 18.0 Å². The number of nitrogens with one attached hydrogen (secondary N) is 2. The lowest BCUT2D eigenvalue weighted by Crippen LogP contribution is -2.28. The van der Waals surface area contributed by atoms with Crippen molar-refractivity contribution in [3.05, 3.63) is 5.82 Å². The molecule has 0 aliphatic rings. The smallest absolute Gasteiger partial charge is 0.348 e. The number of amides is 1. The van der Waals surface area contributed by atoms with E-state index in [1.54, 1.807) is 0 Å². The van der Waals surface area contributed by atoms with Crippen molar-refractivity contribution in [3.8, 4) is 0 Å². The van der Waals surface area contributed by atoms with Crippen LogP contribution in [0.2, 0.25) is 0 Å². The van der Waals surface area contributed by atoms with Crippen LogP contribution in [-0.4, -0.2) is 32.7 Å². The van der Waals surface area contributed by atoms with Crippen LogP contribution in [0.1, 0.15) is 12.2 Å². The summed E-state index contributed by atoms with van der Waals surface area (Å²) in [7, 11) is 0. The van der Waals surface area contributed by atoms with Crippen LogP contribution in [0, 0.1) is 0 Å². The minimum atomic E-state index is -4.50. The zero-order chi connectivity index (χ0) is 10.6. The fourth-order valence-electron chi connectivity index (χ4n) is 0.680. The summed E-state index contributed by atoms with van der Waals surface area (Å²) in [4.78, 5) is 10.6. The minimum Gasteiger partial charge on any atom is -0.348 e. The molecule has 1 aromatic heterocycles. The van der Waals surface area contributed by atoms with Crippen LogP contribution in [0.3, 0.4) is 0 Å². The molecule has 0 aromatic carbocycles. The zero-order valence-corrected chi connectivity index (χ0v) is 6.80. The lowest BCUT2D eigenvalue weighted by molar-refractivity contribution is -0.153. The molecule has 0 aliphatic carbocycles. The van der Waals surface area contributed by atoms with Crippen molar-refractivity contribution in [1.29, 1.82) is 0 Å². The Kier molecular flexibility index (Phi) is 2.99. The van der Waals surface area contributed by atoms with Gasteiger partial charge in [-0.25, -0.2) is 0 Å². The number of tetrazole rings is 1. The Morgan fingerprint density at radius 1 is 1.50 bits per heavy atom. The summed E-state index contributed by atoms with van der Waals surface area (Å²) in [6.07, 6.45) is -6.01. The Hall–Kier alpha value is -1.67. The van der Waals surface area contributed by atoms with Crippen LogP contribution in [0.25, 0.3) is 0 Å². The molecule has 0 bridgehead atoms. The van der Waals surface area contributed by atoms with Crippen LogP contribution < -0.4 is 5.32 Å². The first-order chi connectivity index (χ1) is 6.47. The maximum absolute atomic E-state index is 11.7. The molecular formula is C5H6F3N5O. The maximum Gasteiger partial charge on any atom is 0.397 e. The molecule has 1 aromatic rings. The molecule has 0 atom stereocenters. The first-order valence-electron chi connectivity index (χ1n) is 3.53. The van der Waals surface area contributed by atoms with Gasteiger partial charge >= 0.3 is 6.18 Å². The Bertz CT molecular complexity index is 295. The van der Waals surface area contributed by atoms with E-state index >= 15 is 0 Å². The fraction of sp³-hybridized carbons (Fsp3) is 0.600. The van der Waals surface area contributed by atoms with Gasteiger partial charge in [0, 0.05) is 0 Å². The zero-order valence-electron chi connectivity index (χ0n) is 6.80. The number of hydrogen-bond donors (Lipinski definition) is 2. The first kappa shape index (κ1) is 10.4. The van der Waals surface area contributed by atoms with Crippen molar-refractivity contribution in [2.45, 2.75) is 19.1 Å². The molecule has 0 unspecified atom stereocenters. The fourth-order valence-corrected chi connectivity index (χ4v) is 0.680. The van der Waals surface area contributed by atoms with E-state index in [-0.39, 0.29) is 12.4 Å². The van der Waals surface area contributed by atoms with Gasteiger partial charge in [0.15, 0.2) is 5.82 Å². The lowest BCUT2D eigenvalue weighted by atomic mass is 10.4. The highest BCUT2D eigenvalue weighted by molar-refractivity contribution is 5.76. The molecule has 0 spiro atoms. The number of rotatable bonds is 3. The summed E-state index contributed by atoms with van der Waals surface area (Å²) in [6, 6.07) is 0. The lowest BCUT2D eigenvalue weighted by Gasteiger charge is -2.05. The summed E-state index contributed by atoms with van der Waals surface area (Å²) in [5, 5.41) is 14.1. The molecule has 0 saturated heterocycles. The average molecular weight is 209 g/mol. The van der Waals surface area contributed by atoms with Crippen LogP contribution in [0.15, 0.2) is 0 Å². The standard InChI is InChI=1S/C5H6F3N5O/c6-5(7,8)1-4(14)9-2-3-10-12-13-11-3/h1-2H2,(H,9,14)(H,10,11,12,13). The highest BCUT2D eigenvalue weighted by Crippen LogP contribution is 2.18. The number of aromatic nitrogens is 4. The van der Waals surface area contributed by atoms with Gasteiger partial charge in [-0.1, -0.05) is 5.21 Å². The van der Waals surface area contributed by atoms with Crippen molar-refractivity contribution in [1.82, 2.24) is 25.9 Å². The van der Waals surface area contributed by atoms with E-state index < -0.39 is 18.5 Å². The second kappa shape index (κ2) is 4.03. The third kappa shape index (κ3) is 3.83. The first-order valence-corrected chi connectivity index (χ1v) is 3.53. The Morgan fingerprint density at radius 2 is 2.21 bits per heavy atom. The molecule has 1 amide bonds. The normalized spacial score (nSPS) is 11.4. The number of hydrogen-bond acceptors (Lipinski definition) is 4. The van der Waals surface area contributed by atoms with E-state index in [1.807, 2.05) is 5.32 Å². The number of H-pyrrole nitrogens is 1. The van der Waals surface area contributed by atoms with Crippen LogP contribution in [0.5, 0.6) is 0 Å². The van der Waals surface area contributed by atoms with Crippen LogP contribution in [-0.2, 0) is 11.3 Å². The summed E-state index contributed by atoms with van der Waals surface area (Å²) < 4.78 is 35.0. The quantitative estimate of drug-likeness (QED) is 0.720. The molecule has 0 fully saturated rings. The van der Waals surface area contributed by atoms with Crippen molar-refractivity contribution in [2.75, 3.05) is 0 Å². The van der Waals surface area contributed by atoms with Crippen molar-refractivity contribution < 1.29 is 18.0 Å². The summed E-state index contributed by atoms with van der Waals surface area (Å²) in [6.45, 7) is -0.175. The minimum absolute atomic E-state index is 0.125. The highest BCUT2D eigenvalue weighted by Gasteiger charge is 2.30. The predicted molar refractivity (Wildman–Crippen MR) is 36.7 cm³/mol. The topological polar surface area (TPSA) is 83.6 Å². The maximum atomic E-state index is 11.7. The Morgan fingerprint density at radius 3 is 2.71 bits per heavy atom. The number of carbonyl (C=O) groups excluding carboxylic acids is 1.